The summed E-state index contributed by atoms with van der Waals surface area (Å²) >= 11 is 0. The second kappa shape index (κ2) is 7.81. The van der Waals surface area contributed by atoms with Crippen LogP contribution in [0.3, 0.4) is 0 Å². The van der Waals surface area contributed by atoms with Crippen LogP contribution in [0.15, 0.2) is 47.4 Å². The summed E-state index contributed by atoms with van der Waals surface area (Å²) in [6, 6.07) is 14.2. The Morgan fingerprint density at radius 3 is 2.50 bits per heavy atom. The largest absolute Gasteiger partial charge is 0.490 e. The summed E-state index contributed by atoms with van der Waals surface area (Å²) in [5, 5.41) is 3.51. The second-order valence-electron chi connectivity index (χ2n) is 5.96. The van der Waals surface area contributed by atoms with Gasteiger partial charge in [-0.15, -0.1) is 0 Å². The lowest BCUT2D eigenvalue weighted by molar-refractivity contribution is 0.297. The highest BCUT2D eigenvalue weighted by molar-refractivity contribution is 7.84. The molecule has 3 rings (SSSR count). The zero-order valence-corrected chi connectivity index (χ0v) is 14.9. The van der Waals surface area contributed by atoms with Crippen LogP contribution in [-0.2, 0) is 17.3 Å². The Morgan fingerprint density at radius 2 is 1.79 bits per heavy atom. The third-order valence-corrected chi connectivity index (χ3v) is 5.08. The van der Waals surface area contributed by atoms with Gasteiger partial charge in [-0.25, -0.2) is 0 Å². The minimum absolute atomic E-state index is 0.196. The fraction of sp³-hybridized carbons (Fsp3) is 0.368. The highest BCUT2D eigenvalue weighted by Gasteiger charge is 2.13. The van der Waals surface area contributed by atoms with Crippen LogP contribution in [0.25, 0.3) is 0 Å². The Morgan fingerprint density at radius 1 is 1.08 bits per heavy atom. The summed E-state index contributed by atoms with van der Waals surface area (Å²) in [5.74, 6) is 1.65. The third kappa shape index (κ3) is 4.16. The van der Waals surface area contributed by atoms with E-state index in [2.05, 4.69) is 24.4 Å². The first-order chi connectivity index (χ1) is 11.6. The molecule has 4 nitrogen and oxygen atoms in total. The van der Waals surface area contributed by atoms with Gasteiger partial charge in [0.15, 0.2) is 11.5 Å². The lowest BCUT2D eigenvalue weighted by Crippen LogP contribution is -2.18. The van der Waals surface area contributed by atoms with E-state index in [1.807, 2.05) is 30.3 Å². The summed E-state index contributed by atoms with van der Waals surface area (Å²) in [4.78, 5) is 0.856. The minimum Gasteiger partial charge on any atom is -0.490 e. The van der Waals surface area contributed by atoms with E-state index < -0.39 is 10.8 Å². The van der Waals surface area contributed by atoms with Crippen LogP contribution in [0.5, 0.6) is 11.5 Å². The normalized spacial score (nSPS) is 16.2. The molecule has 1 aliphatic heterocycles. The van der Waals surface area contributed by atoms with Gasteiger partial charge in [-0.05, 0) is 42.3 Å². The van der Waals surface area contributed by atoms with Gasteiger partial charge in [-0.3, -0.25) is 4.21 Å². The predicted molar refractivity (Wildman–Crippen MR) is 96.1 cm³/mol. The molecular weight excluding hydrogens is 322 g/mol. The summed E-state index contributed by atoms with van der Waals surface area (Å²) < 4.78 is 22.9. The fourth-order valence-electron chi connectivity index (χ4n) is 2.64. The van der Waals surface area contributed by atoms with Gasteiger partial charge in [0.25, 0.3) is 0 Å². The van der Waals surface area contributed by atoms with Gasteiger partial charge in [0.05, 0.1) is 13.2 Å². The van der Waals surface area contributed by atoms with Crippen LogP contribution in [-0.4, -0.2) is 23.7 Å². The Hall–Kier alpha value is -1.85. The van der Waals surface area contributed by atoms with Crippen LogP contribution < -0.4 is 14.8 Å². The average molecular weight is 345 g/mol. The van der Waals surface area contributed by atoms with Gasteiger partial charge in [0, 0.05) is 41.0 Å². The first-order valence-corrected chi connectivity index (χ1v) is 9.74. The summed E-state index contributed by atoms with van der Waals surface area (Å²) in [5.41, 5.74) is 2.34. The topological polar surface area (TPSA) is 47.6 Å². The number of rotatable bonds is 5. The van der Waals surface area contributed by atoms with Crippen molar-refractivity contribution in [3.05, 3.63) is 53.6 Å². The Labute approximate surface area is 145 Å². The molecule has 0 spiro atoms. The minimum atomic E-state index is -0.929. The lowest BCUT2D eigenvalue weighted by atomic mass is 10.1. The first kappa shape index (κ1) is 17.0. The van der Waals surface area contributed by atoms with E-state index in [1.165, 1.54) is 11.1 Å². The van der Waals surface area contributed by atoms with Crippen LogP contribution in [0.2, 0.25) is 0 Å². The summed E-state index contributed by atoms with van der Waals surface area (Å²) in [6.45, 7) is 4.29. The molecule has 1 aliphatic rings. The number of hydrogen-bond donors (Lipinski definition) is 1. The zero-order valence-electron chi connectivity index (χ0n) is 14.1. The van der Waals surface area contributed by atoms with Crippen molar-refractivity contribution in [2.75, 3.05) is 19.5 Å². The maximum atomic E-state index is 11.4. The molecule has 0 saturated carbocycles. The van der Waals surface area contributed by atoms with Crippen LogP contribution in [0, 0.1) is 0 Å². The molecule has 5 heteroatoms. The van der Waals surface area contributed by atoms with E-state index in [4.69, 9.17) is 9.47 Å². The standard InChI is InChI=1S/C19H23NO3S/c1-14(20-13-15-4-7-17(8-5-15)24(2)21)16-6-9-18-19(12-16)23-11-3-10-22-18/h4-9,12,14,20H,3,10-11,13H2,1-2H3/t14-,24-/m0/s1. The fourth-order valence-corrected chi connectivity index (χ4v) is 3.16. The number of ether oxygens (including phenoxy) is 2. The Kier molecular flexibility index (Phi) is 5.53. The van der Waals surface area contributed by atoms with Crippen LogP contribution >= 0.6 is 0 Å². The zero-order chi connectivity index (χ0) is 16.9. The van der Waals surface area contributed by atoms with Crippen molar-refractivity contribution in [3.8, 4) is 11.5 Å². The molecule has 128 valence electrons. The SMILES string of the molecule is C[C@H](NCc1ccc([S@](C)=O)cc1)c1ccc2c(c1)OCCCO2. The summed E-state index contributed by atoms with van der Waals surface area (Å²) in [6.07, 6.45) is 2.61. The molecule has 2 aromatic carbocycles. The molecule has 2 atom stereocenters. The van der Waals surface area contributed by atoms with Crippen molar-refractivity contribution < 1.29 is 13.7 Å². The molecule has 0 radical (unpaired) electrons. The highest BCUT2D eigenvalue weighted by atomic mass is 32.2. The maximum absolute atomic E-state index is 11.4. The Balaban J connectivity index is 1.63. The van der Waals surface area contributed by atoms with Gasteiger partial charge in [0.2, 0.25) is 0 Å². The van der Waals surface area contributed by atoms with E-state index in [-0.39, 0.29) is 6.04 Å². The van der Waals surface area contributed by atoms with Gasteiger partial charge in [-0.1, -0.05) is 18.2 Å². The third-order valence-electron chi connectivity index (χ3n) is 4.14. The van der Waals surface area contributed by atoms with Crippen LogP contribution in [0.1, 0.15) is 30.5 Å². The molecule has 0 aliphatic carbocycles. The molecule has 1 heterocycles. The molecule has 0 aromatic heterocycles. The molecule has 2 aromatic rings. The molecule has 0 saturated heterocycles. The molecular formula is C19H23NO3S. The quantitative estimate of drug-likeness (QED) is 0.902. The van der Waals surface area contributed by atoms with Gasteiger partial charge in [0.1, 0.15) is 0 Å². The summed E-state index contributed by atoms with van der Waals surface area (Å²) in [7, 11) is -0.929. The number of hydrogen-bond acceptors (Lipinski definition) is 4. The smallest absolute Gasteiger partial charge is 0.161 e. The number of nitrogens with one attached hydrogen (secondary N) is 1. The predicted octanol–water partition coefficient (Wildman–Crippen LogP) is 3.44. The van der Waals surface area contributed by atoms with Crippen molar-refractivity contribution in [2.24, 2.45) is 0 Å². The highest BCUT2D eigenvalue weighted by Crippen LogP contribution is 2.32. The molecule has 24 heavy (non-hydrogen) atoms. The molecule has 1 N–H and O–H groups in total. The second-order valence-corrected chi connectivity index (χ2v) is 7.34. The lowest BCUT2D eigenvalue weighted by Gasteiger charge is -2.16. The molecule has 0 bridgehead atoms. The Bertz CT molecular complexity index is 715. The van der Waals surface area contributed by atoms with E-state index >= 15 is 0 Å². The van der Waals surface area contributed by atoms with Crippen molar-refractivity contribution in [1.29, 1.82) is 0 Å². The van der Waals surface area contributed by atoms with Crippen molar-refractivity contribution >= 4 is 10.8 Å². The molecule has 0 unspecified atom stereocenters. The van der Waals surface area contributed by atoms with Gasteiger partial charge in [-0.2, -0.15) is 0 Å². The van der Waals surface area contributed by atoms with E-state index in [0.29, 0.717) is 13.2 Å². The van der Waals surface area contributed by atoms with E-state index in [1.54, 1.807) is 6.26 Å². The first-order valence-electron chi connectivity index (χ1n) is 8.19. The van der Waals surface area contributed by atoms with Crippen molar-refractivity contribution in [1.82, 2.24) is 5.32 Å². The molecule has 0 amide bonds. The van der Waals surface area contributed by atoms with Crippen LogP contribution in [0.4, 0.5) is 0 Å². The van der Waals surface area contributed by atoms with E-state index in [9.17, 15) is 4.21 Å². The molecule has 0 fully saturated rings. The number of fused-ring (bicyclic) bond motifs is 1. The van der Waals surface area contributed by atoms with Crippen molar-refractivity contribution in [3.63, 3.8) is 0 Å². The number of benzene rings is 2. The van der Waals surface area contributed by atoms with Crippen molar-refractivity contribution in [2.45, 2.75) is 30.8 Å². The van der Waals surface area contributed by atoms with Gasteiger partial charge < -0.3 is 14.8 Å². The maximum Gasteiger partial charge on any atom is 0.161 e. The monoisotopic (exact) mass is 345 g/mol. The van der Waals surface area contributed by atoms with E-state index in [0.717, 1.165) is 29.4 Å². The average Bonchev–Trinajstić information content (AvgIpc) is 2.84. The van der Waals surface area contributed by atoms with Gasteiger partial charge >= 0.3 is 0 Å².